The van der Waals surface area contributed by atoms with E-state index in [9.17, 15) is 0 Å². The summed E-state index contributed by atoms with van der Waals surface area (Å²) in [6, 6.07) is 0.779. The van der Waals surface area contributed by atoms with E-state index in [0.717, 1.165) is 90.6 Å². The molecule has 0 aromatic rings. The lowest BCUT2D eigenvalue weighted by molar-refractivity contribution is 0.128. The predicted molar refractivity (Wildman–Crippen MR) is 120 cm³/mol. The first-order valence-corrected chi connectivity index (χ1v) is 11.7. The summed E-state index contributed by atoms with van der Waals surface area (Å²) in [5.41, 5.74) is 0. The first-order chi connectivity index (χ1) is 14.1. The predicted octanol–water partition coefficient (Wildman–Crippen LogP) is 1.05. The molecule has 2 atom stereocenters. The summed E-state index contributed by atoms with van der Waals surface area (Å²) in [7, 11) is 0. The lowest BCUT2D eigenvalue weighted by Crippen LogP contribution is -2.48. The van der Waals surface area contributed by atoms with E-state index in [2.05, 4.69) is 29.0 Å². The van der Waals surface area contributed by atoms with E-state index in [1.807, 2.05) is 0 Å². The summed E-state index contributed by atoms with van der Waals surface area (Å²) < 4.78 is 0. The van der Waals surface area contributed by atoms with Crippen molar-refractivity contribution in [1.29, 1.82) is 0 Å². The Bertz CT molecular complexity index is 327. The van der Waals surface area contributed by atoms with Gasteiger partial charge in [0.1, 0.15) is 0 Å². The van der Waals surface area contributed by atoms with Gasteiger partial charge in [-0.15, -0.1) is 0 Å². The average molecular weight is 420 g/mol. The number of aliphatic hydroxyl groups excluding tert-OH is 4. The summed E-state index contributed by atoms with van der Waals surface area (Å²) in [6.45, 7) is 11.3. The fraction of sp³-hybridized carbons (Fsp3) is 1.00. The van der Waals surface area contributed by atoms with Gasteiger partial charge in [0.15, 0.2) is 0 Å². The third-order valence-electron chi connectivity index (χ3n) is 5.35. The number of unbranched alkanes of at least 4 members (excludes halogenated alkanes) is 4. The van der Waals surface area contributed by atoms with E-state index in [0.29, 0.717) is 12.1 Å². The first-order valence-electron chi connectivity index (χ1n) is 11.7. The molecule has 0 aromatic heterocycles. The van der Waals surface area contributed by atoms with Crippen molar-refractivity contribution in [2.45, 2.75) is 77.3 Å². The summed E-state index contributed by atoms with van der Waals surface area (Å²) in [4.78, 5) is 4.98. The molecular formula is C22H49N3O4. The smallest absolute Gasteiger partial charge is 0.0431 e. The van der Waals surface area contributed by atoms with Crippen molar-refractivity contribution in [3.05, 3.63) is 0 Å². The van der Waals surface area contributed by atoms with E-state index in [1.54, 1.807) is 0 Å². The molecule has 0 radical (unpaired) electrons. The fourth-order valence-corrected chi connectivity index (χ4v) is 3.60. The highest BCUT2D eigenvalue weighted by molar-refractivity contribution is 4.76. The van der Waals surface area contributed by atoms with Crippen LogP contribution in [0.25, 0.3) is 0 Å². The van der Waals surface area contributed by atoms with Crippen LogP contribution in [0.15, 0.2) is 0 Å². The van der Waals surface area contributed by atoms with E-state index in [-0.39, 0.29) is 26.4 Å². The molecule has 0 aliphatic rings. The highest BCUT2D eigenvalue weighted by atomic mass is 16.3. The molecule has 0 aromatic carbocycles. The maximum atomic E-state index is 9.15. The Labute approximate surface area is 179 Å². The van der Waals surface area contributed by atoms with Crippen molar-refractivity contribution < 1.29 is 20.4 Å². The van der Waals surface area contributed by atoms with Gasteiger partial charge in [0.25, 0.3) is 0 Å². The third kappa shape index (κ3) is 17.1. The Hall–Kier alpha value is -0.280. The zero-order valence-electron chi connectivity index (χ0n) is 19.1. The van der Waals surface area contributed by atoms with Crippen LogP contribution in [0.3, 0.4) is 0 Å². The van der Waals surface area contributed by atoms with E-state index in [4.69, 9.17) is 20.4 Å². The SMILES string of the molecule is CC(CN(CCCCO)C(C)CN(CCCCO)CCCCO)NCCCCO. The lowest BCUT2D eigenvalue weighted by Gasteiger charge is -2.35. The van der Waals surface area contributed by atoms with Gasteiger partial charge in [0.2, 0.25) is 0 Å². The van der Waals surface area contributed by atoms with Crippen molar-refractivity contribution in [2.75, 3.05) is 65.7 Å². The van der Waals surface area contributed by atoms with Gasteiger partial charge in [-0.2, -0.15) is 0 Å². The third-order valence-corrected chi connectivity index (χ3v) is 5.35. The van der Waals surface area contributed by atoms with Crippen molar-refractivity contribution in [1.82, 2.24) is 15.1 Å². The molecule has 0 fully saturated rings. The fourth-order valence-electron chi connectivity index (χ4n) is 3.60. The van der Waals surface area contributed by atoms with Crippen LogP contribution in [0, 0.1) is 0 Å². The zero-order valence-corrected chi connectivity index (χ0v) is 19.1. The molecule has 0 saturated heterocycles. The Morgan fingerprint density at radius 1 is 0.621 bits per heavy atom. The van der Waals surface area contributed by atoms with Gasteiger partial charge in [-0.1, -0.05) is 0 Å². The van der Waals surface area contributed by atoms with Gasteiger partial charge in [-0.3, -0.25) is 4.90 Å². The van der Waals surface area contributed by atoms with Crippen LogP contribution < -0.4 is 5.32 Å². The molecule has 5 N–H and O–H groups in total. The standard InChI is InChI=1S/C22H49N3O4/c1-21(23-11-3-7-15-26)19-25(14-6-10-18-29)22(2)20-24(12-4-8-16-27)13-5-9-17-28/h21-23,26-29H,3-20H2,1-2H3. The van der Waals surface area contributed by atoms with Crippen LogP contribution in [0.4, 0.5) is 0 Å². The monoisotopic (exact) mass is 419 g/mol. The molecule has 0 aliphatic heterocycles. The minimum absolute atomic E-state index is 0.242. The van der Waals surface area contributed by atoms with Crippen molar-refractivity contribution in [3.63, 3.8) is 0 Å². The van der Waals surface area contributed by atoms with Crippen LogP contribution in [0.2, 0.25) is 0 Å². The van der Waals surface area contributed by atoms with Crippen molar-refractivity contribution in [2.24, 2.45) is 0 Å². The number of hydrogen-bond acceptors (Lipinski definition) is 7. The minimum atomic E-state index is 0.242. The number of aliphatic hydroxyl groups is 4. The molecule has 0 amide bonds. The van der Waals surface area contributed by atoms with Gasteiger partial charge >= 0.3 is 0 Å². The van der Waals surface area contributed by atoms with Crippen LogP contribution >= 0.6 is 0 Å². The highest BCUT2D eigenvalue weighted by Crippen LogP contribution is 2.09. The second kappa shape index (κ2) is 21.0. The van der Waals surface area contributed by atoms with E-state index in [1.165, 1.54) is 0 Å². The maximum Gasteiger partial charge on any atom is 0.0431 e. The number of hydrogen-bond donors (Lipinski definition) is 5. The van der Waals surface area contributed by atoms with Crippen LogP contribution in [-0.4, -0.2) is 108 Å². The first kappa shape index (κ1) is 28.7. The molecule has 0 rings (SSSR count). The quantitative estimate of drug-likeness (QED) is 0.167. The molecule has 0 bridgehead atoms. The second-order valence-corrected chi connectivity index (χ2v) is 8.22. The van der Waals surface area contributed by atoms with E-state index >= 15 is 0 Å². The summed E-state index contributed by atoms with van der Waals surface area (Å²) in [6.07, 6.45) is 7.31. The van der Waals surface area contributed by atoms with Crippen molar-refractivity contribution >= 4 is 0 Å². The number of nitrogens with one attached hydrogen (secondary N) is 1. The molecule has 0 aliphatic carbocycles. The van der Waals surface area contributed by atoms with E-state index < -0.39 is 0 Å². The van der Waals surface area contributed by atoms with Crippen LogP contribution in [-0.2, 0) is 0 Å². The van der Waals surface area contributed by atoms with Crippen LogP contribution in [0.5, 0.6) is 0 Å². The highest BCUT2D eigenvalue weighted by Gasteiger charge is 2.19. The number of nitrogens with zero attached hydrogens (tertiary/aromatic N) is 2. The molecule has 0 heterocycles. The van der Waals surface area contributed by atoms with Gasteiger partial charge in [0.05, 0.1) is 0 Å². The van der Waals surface area contributed by atoms with Gasteiger partial charge in [0, 0.05) is 51.6 Å². The maximum absolute atomic E-state index is 9.15. The molecule has 2 unspecified atom stereocenters. The Morgan fingerprint density at radius 3 is 1.62 bits per heavy atom. The summed E-state index contributed by atoms with van der Waals surface area (Å²) in [5, 5.41) is 39.8. The minimum Gasteiger partial charge on any atom is -0.396 e. The molecule has 29 heavy (non-hydrogen) atoms. The molecule has 0 spiro atoms. The Balaban J connectivity index is 4.67. The number of rotatable bonds is 22. The lowest BCUT2D eigenvalue weighted by atomic mass is 10.1. The summed E-state index contributed by atoms with van der Waals surface area (Å²) >= 11 is 0. The normalized spacial score (nSPS) is 14.1. The Morgan fingerprint density at radius 2 is 1.10 bits per heavy atom. The molecule has 0 saturated carbocycles. The molecule has 7 heteroatoms. The van der Waals surface area contributed by atoms with Crippen LogP contribution in [0.1, 0.15) is 65.2 Å². The molecule has 176 valence electrons. The van der Waals surface area contributed by atoms with Gasteiger partial charge < -0.3 is 30.6 Å². The summed E-state index contributed by atoms with van der Waals surface area (Å²) in [5.74, 6) is 0. The largest absolute Gasteiger partial charge is 0.396 e. The zero-order chi connectivity index (χ0) is 21.7. The second-order valence-electron chi connectivity index (χ2n) is 8.22. The molecular weight excluding hydrogens is 370 g/mol. The van der Waals surface area contributed by atoms with Gasteiger partial charge in [-0.05, 0) is 91.4 Å². The average Bonchev–Trinajstić information content (AvgIpc) is 2.70. The van der Waals surface area contributed by atoms with Gasteiger partial charge in [-0.25, -0.2) is 0 Å². The Kier molecular flexibility index (Phi) is 20.8. The van der Waals surface area contributed by atoms with Crippen molar-refractivity contribution in [3.8, 4) is 0 Å². The topological polar surface area (TPSA) is 99.4 Å². The molecule has 7 nitrogen and oxygen atoms in total.